The summed E-state index contributed by atoms with van der Waals surface area (Å²) < 4.78 is 0. The van der Waals surface area contributed by atoms with Gasteiger partial charge in [0.05, 0.1) is 5.69 Å². The van der Waals surface area contributed by atoms with Crippen LogP contribution in [0.15, 0.2) is 91.0 Å². The zero-order valence-corrected chi connectivity index (χ0v) is 14.7. The van der Waals surface area contributed by atoms with Crippen LogP contribution in [0.4, 0.5) is 5.82 Å². The molecule has 0 atom stereocenters. The van der Waals surface area contributed by atoms with Gasteiger partial charge in [-0.3, -0.25) is 0 Å². The summed E-state index contributed by atoms with van der Waals surface area (Å²) in [5.41, 5.74) is 13.9. The van der Waals surface area contributed by atoms with Gasteiger partial charge >= 0.3 is 0 Å². The molecule has 0 amide bonds. The van der Waals surface area contributed by atoms with Crippen molar-refractivity contribution in [3.63, 3.8) is 0 Å². The molecule has 0 aliphatic carbocycles. The van der Waals surface area contributed by atoms with Crippen LogP contribution >= 0.6 is 0 Å². The van der Waals surface area contributed by atoms with Crippen molar-refractivity contribution in [2.45, 2.75) is 6.92 Å². The quantitative estimate of drug-likeness (QED) is 0.500. The fourth-order valence-electron chi connectivity index (χ4n) is 3.23. The lowest BCUT2D eigenvalue weighted by atomic mass is 9.90. The summed E-state index contributed by atoms with van der Waals surface area (Å²) in [6.45, 7) is 2.10. The molecule has 0 saturated carbocycles. The highest BCUT2D eigenvalue weighted by molar-refractivity contribution is 5.94. The molecule has 2 heteroatoms. The molecule has 26 heavy (non-hydrogen) atoms. The summed E-state index contributed by atoms with van der Waals surface area (Å²) in [6, 6.07) is 31.1. The SMILES string of the molecule is Cc1ccc(-c2cc(N)nc(-c3ccccc3)c2-c2ccccc2)cc1. The van der Waals surface area contributed by atoms with Gasteiger partial charge in [0.25, 0.3) is 0 Å². The molecule has 2 N–H and O–H groups in total. The Morgan fingerprint density at radius 2 is 1.23 bits per heavy atom. The predicted octanol–water partition coefficient (Wildman–Crippen LogP) is 5.97. The van der Waals surface area contributed by atoms with E-state index in [2.05, 4.69) is 67.6 Å². The number of nitrogens with zero attached hydrogens (tertiary/aromatic N) is 1. The first-order valence-electron chi connectivity index (χ1n) is 8.71. The second kappa shape index (κ2) is 6.85. The Labute approximate surface area is 154 Å². The van der Waals surface area contributed by atoms with E-state index < -0.39 is 0 Å². The standard InChI is InChI=1S/C24H20N2/c1-17-12-14-18(15-13-17)21-16-22(25)26-24(20-10-6-3-7-11-20)23(21)19-8-4-2-5-9-19/h2-16H,1H3,(H2,25,26). The van der Waals surface area contributed by atoms with Crippen molar-refractivity contribution in [2.24, 2.45) is 0 Å². The Morgan fingerprint density at radius 3 is 1.85 bits per heavy atom. The number of anilines is 1. The molecular formula is C24H20N2. The molecule has 1 heterocycles. The maximum absolute atomic E-state index is 6.20. The van der Waals surface area contributed by atoms with Crippen LogP contribution in [-0.4, -0.2) is 4.98 Å². The molecule has 4 aromatic rings. The fourth-order valence-corrected chi connectivity index (χ4v) is 3.23. The molecule has 0 unspecified atom stereocenters. The Balaban J connectivity index is 2.05. The van der Waals surface area contributed by atoms with E-state index in [9.17, 15) is 0 Å². The molecule has 2 nitrogen and oxygen atoms in total. The minimum absolute atomic E-state index is 0.527. The van der Waals surface area contributed by atoms with E-state index in [1.54, 1.807) is 0 Å². The summed E-state index contributed by atoms with van der Waals surface area (Å²) in [4.78, 5) is 4.70. The van der Waals surface area contributed by atoms with Crippen molar-refractivity contribution in [1.82, 2.24) is 4.98 Å². The second-order valence-electron chi connectivity index (χ2n) is 6.42. The van der Waals surface area contributed by atoms with Gasteiger partial charge in [-0.05, 0) is 29.7 Å². The van der Waals surface area contributed by atoms with Gasteiger partial charge in [0.15, 0.2) is 0 Å². The minimum atomic E-state index is 0.527. The van der Waals surface area contributed by atoms with E-state index in [4.69, 9.17) is 10.7 Å². The van der Waals surface area contributed by atoms with E-state index in [0.717, 1.165) is 33.5 Å². The monoisotopic (exact) mass is 336 g/mol. The summed E-state index contributed by atoms with van der Waals surface area (Å²) in [5.74, 6) is 0.527. The summed E-state index contributed by atoms with van der Waals surface area (Å²) in [7, 11) is 0. The molecule has 0 fully saturated rings. The highest BCUT2D eigenvalue weighted by Gasteiger charge is 2.16. The van der Waals surface area contributed by atoms with Crippen LogP contribution in [0.1, 0.15) is 5.56 Å². The molecule has 0 aliphatic heterocycles. The Hall–Kier alpha value is -3.39. The first-order valence-corrected chi connectivity index (χ1v) is 8.71. The van der Waals surface area contributed by atoms with Crippen molar-refractivity contribution in [3.8, 4) is 33.5 Å². The van der Waals surface area contributed by atoms with Gasteiger partial charge in [-0.25, -0.2) is 4.98 Å². The maximum atomic E-state index is 6.20. The molecule has 3 aromatic carbocycles. The molecule has 0 spiro atoms. The first-order chi connectivity index (χ1) is 12.7. The summed E-state index contributed by atoms with van der Waals surface area (Å²) in [5, 5.41) is 0. The molecular weight excluding hydrogens is 316 g/mol. The van der Waals surface area contributed by atoms with Gasteiger partial charge < -0.3 is 5.73 Å². The zero-order chi connectivity index (χ0) is 17.9. The third kappa shape index (κ3) is 3.09. The highest BCUT2D eigenvalue weighted by Crippen LogP contribution is 2.39. The number of nitrogens with two attached hydrogens (primary N) is 1. The topological polar surface area (TPSA) is 38.9 Å². The molecule has 0 bridgehead atoms. The third-order valence-electron chi connectivity index (χ3n) is 4.51. The lowest BCUT2D eigenvalue weighted by Crippen LogP contribution is -1.98. The molecule has 0 saturated heterocycles. The van der Waals surface area contributed by atoms with Gasteiger partial charge in [-0.2, -0.15) is 0 Å². The number of hydrogen-bond acceptors (Lipinski definition) is 2. The number of pyridine rings is 1. The average molecular weight is 336 g/mol. The summed E-state index contributed by atoms with van der Waals surface area (Å²) >= 11 is 0. The van der Waals surface area contributed by atoms with E-state index in [0.29, 0.717) is 5.82 Å². The molecule has 0 radical (unpaired) electrons. The van der Waals surface area contributed by atoms with Crippen LogP contribution in [0.2, 0.25) is 0 Å². The van der Waals surface area contributed by atoms with Crippen LogP contribution in [0.3, 0.4) is 0 Å². The zero-order valence-electron chi connectivity index (χ0n) is 14.7. The van der Waals surface area contributed by atoms with Gasteiger partial charge in [-0.15, -0.1) is 0 Å². The Morgan fingerprint density at radius 1 is 0.654 bits per heavy atom. The van der Waals surface area contributed by atoms with Gasteiger partial charge in [-0.1, -0.05) is 90.5 Å². The summed E-state index contributed by atoms with van der Waals surface area (Å²) in [6.07, 6.45) is 0. The minimum Gasteiger partial charge on any atom is -0.384 e. The van der Waals surface area contributed by atoms with Crippen LogP contribution < -0.4 is 5.73 Å². The number of aromatic nitrogens is 1. The Bertz CT molecular complexity index is 1020. The molecule has 4 rings (SSSR count). The van der Waals surface area contributed by atoms with Gasteiger partial charge in [0.1, 0.15) is 5.82 Å². The van der Waals surface area contributed by atoms with Crippen molar-refractivity contribution >= 4 is 5.82 Å². The van der Waals surface area contributed by atoms with Crippen molar-refractivity contribution in [3.05, 3.63) is 96.6 Å². The predicted molar refractivity (Wildman–Crippen MR) is 110 cm³/mol. The number of aryl methyl sites for hydroxylation is 1. The highest BCUT2D eigenvalue weighted by atomic mass is 14.8. The van der Waals surface area contributed by atoms with Crippen LogP contribution in [0.25, 0.3) is 33.5 Å². The first kappa shape index (κ1) is 16.1. The number of benzene rings is 3. The lowest BCUT2D eigenvalue weighted by Gasteiger charge is -2.16. The smallest absolute Gasteiger partial charge is 0.124 e. The largest absolute Gasteiger partial charge is 0.384 e. The van der Waals surface area contributed by atoms with E-state index in [1.165, 1.54) is 5.56 Å². The third-order valence-corrected chi connectivity index (χ3v) is 4.51. The average Bonchev–Trinajstić information content (AvgIpc) is 2.69. The number of nitrogen functional groups attached to an aromatic ring is 1. The van der Waals surface area contributed by atoms with Gasteiger partial charge in [0.2, 0.25) is 0 Å². The molecule has 126 valence electrons. The van der Waals surface area contributed by atoms with Crippen LogP contribution in [0.5, 0.6) is 0 Å². The molecule has 1 aromatic heterocycles. The fraction of sp³-hybridized carbons (Fsp3) is 0.0417. The van der Waals surface area contributed by atoms with Crippen LogP contribution in [0, 0.1) is 6.92 Å². The van der Waals surface area contributed by atoms with Gasteiger partial charge in [0, 0.05) is 11.1 Å². The molecule has 0 aliphatic rings. The van der Waals surface area contributed by atoms with E-state index in [-0.39, 0.29) is 0 Å². The number of hydrogen-bond donors (Lipinski definition) is 1. The van der Waals surface area contributed by atoms with E-state index in [1.807, 2.05) is 30.3 Å². The van der Waals surface area contributed by atoms with Crippen molar-refractivity contribution < 1.29 is 0 Å². The lowest BCUT2D eigenvalue weighted by molar-refractivity contribution is 1.33. The Kier molecular flexibility index (Phi) is 4.24. The maximum Gasteiger partial charge on any atom is 0.124 e. The van der Waals surface area contributed by atoms with Crippen molar-refractivity contribution in [1.29, 1.82) is 0 Å². The van der Waals surface area contributed by atoms with Crippen molar-refractivity contribution in [2.75, 3.05) is 5.73 Å². The van der Waals surface area contributed by atoms with E-state index >= 15 is 0 Å². The number of rotatable bonds is 3. The normalized spacial score (nSPS) is 10.7. The second-order valence-corrected chi connectivity index (χ2v) is 6.42. The van der Waals surface area contributed by atoms with Crippen LogP contribution in [-0.2, 0) is 0 Å².